The summed E-state index contributed by atoms with van der Waals surface area (Å²) in [7, 11) is 0. The van der Waals surface area contributed by atoms with Crippen molar-refractivity contribution in [1.29, 1.82) is 0 Å². The number of aliphatic hydroxyl groups is 1. The van der Waals surface area contributed by atoms with Gasteiger partial charge in [-0.2, -0.15) is 0 Å². The van der Waals surface area contributed by atoms with Gasteiger partial charge in [0.15, 0.2) is 12.4 Å². The van der Waals surface area contributed by atoms with Crippen molar-refractivity contribution in [2.24, 2.45) is 28.6 Å². The molecule has 0 saturated heterocycles. The van der Waals surface area contributed by atoms with E-state index in [0.29, 0.717) is 12.8 Å². The van der Waals surface area contributed by atoms with Crippen LogP contribution in [0.3, 0.4) is 0 Å². The van der Waals surface area contributed by atoms with E-state index in [2.05, 4.69) is 0 Å². The van der Waals surface area contributed by atoms with Crippen LogP contribution in [-0.2, 0) is 23.9 Å². The standard InChI is InChI=1S/C23H27ClO6/c1-12(25)30-11-19(28)23(29)7-5-15-14-9-17(24)16-8-13(26)4-6-21(16,2)20(14)18(27)10-22(15,23)3/h4,6,8,14-15,17,20,29H,5,7,9-11H2,1-3H3/t14?,15?,17-,20?,21?,22?,23-/m0/s1. The van der Waals surface area contributed by atoms with E-state index >= 15 is 0 Å². The molecule has 4 rings (SSSR count). The minimum atomic E-state index is -1.72. The molecule has 0 aromatic heterocycles. The van der Waals surface area contributed by atoms with Crippen LogP contribution in [0.15, 0.2) is 23.8 Å². The van der Waals surface area contributed by atoms with Gasteiger partial charge in [0.2, 0.25) is 5.78 Å². The average Bonchev–Trinajstić information content (AvgIpc) is 2.93. The van der Waals surface area contributed by atoms with Crippen LogP contribution in [0.25, 0.3) is 0 Å². The molecule has 0 heterocycles. The quantitative estimate of drug-likeness (QED) is 0.541. The molecule has 0 aromatic rings. The van der Waals surface area contributed by atoms with E-state index in [1.165, 1.54) is 13.0 Å². The number of ether oxygens (including phenoxy) is 1. The second kappa shape index (κ2) is 6.86. The van der Waals surface area contributed by atoms with E-state index in [1.807, 2.05) is 19.9 Å². The second-order valence-corrected chi connectivity index (χ2v) is 10.3. The summed E-state index contributed by atoms with van der Waals surface area (Å²) < 4.78 is 4.85. The molecule has 4 aliphatic rings. The first-order valence-corrected chi connectivity index (χ1v) is 10.9. The van der Waals surface area contributed by atoms with Crippen LogP contribution in [0.2, 0.25) is 0 Å². The zero-order valence-corrected chi connectivity index (χ0v) is 18.2. The Balaban J connectivity index is 1.71. The molecule has 1 N–H and O–H groups in total. The first-order valence-electron chi connectivity index (χ1n) is 10.4. The molecule has 3 saturated carbocycles. The summed E-state index contributed by atoms with van der Waals surface area (Å²) in [6.07, 6.45) is 6.28. The molecule has 162 valence electrons. The van der Waals surface area contributed by atoms with Crippen molar-refractivity contribution < 1.29 is 29.0 Å². The molecule has 0 aromatic carbocycles. The van der Waals surface area contributed by atoms with E-state index in [4.69, 9.17) is 16.3 Å². The molecular formula is C23H27ClO6. The molecule has 0 amide bonds. The lowest BCUT2D eigenvalue weighted by atomic mass is 9.46. The number of hydrogen-bond acceptors (Lipinski definition) is 6. The van der Waals surface area contributed by atoms with Gasteiger partial charge in [0.05, 0.1) is 5.38 Å². The number of halogens is 1. The Labute approximate surface area is 180 Å². The maximum absolute atomic E-state index is 13.5. The molecule has 5 unspecified atom stereocenters. The fraction of sp³-hybridized carbons (Fsp3) is 0.652. The van der Waals surface area contributed by atoms with Crippen LogP contribution in [-0.4, -0.2) is 46.0 Å². The predicted molar refractivity (Wildman–Crippen MR) is 109 cm³/mol. The third-order valence-corrected chi connectivity index (χ3v) is 8.67. The normalized spacial score (nSPS) is 44.6. The summed E-state index contributed by atoms with van der Waals surface area (Å²) in [5.41, 5.74) is -2.51. The Morgan fingerprint density at radius 3 is 2.67 bits per heavy atom. The van der Waals surface area contributed by atoms with Gasteiger partial charge in [0.25, 0.3) is 0 Å². The maximum Gasteiger partial charge on any atom is 0.303 e. The van der Waals surface area contributed by atoms with Gasteiger partial charge >= 0.3 is 5.97 Å². The van der Waals surface area contributed by atoms with Crippen LogP contribution >= 0.6 is 11.6 Å². The molecule has 7 heteroatoms. The Morgan fingerprint density at radius 1 is 1.30 bits per heavy atom. The van der Waals surface area contributed by atoms with E-state index in [0.717, 1.165) is 5.57 Å². The van der Waals surface area contributed by atoms with Gasteiger partial charge < -0.3 is 9.84 Å². The van der Waals surface area contributed by atoms with E-state index in [9.17, 15) is 24.3 Å². The topological polar surface area (TPSA) is 97.7 Å². The first kappa shape index (κ1) is 21.4. The largest absolute Gasteiger partial charge is 0.458 e. The number of rotatable bonds is 3. The van der Waals surface area contributed by atoms with Crippen molar-refractivity contribution in [3.8, 4) is 0 Å². The van der Waals surface area contributed by atoms with Crippen LogP contribution in [0.5, 0.6) is 0 Å². The van der Waals surface area contributed by atoms with E-state index in [-0.39, 0.29) is 47.5 Å². The summed E-state index contributed by atoms with van der Waals surface area (Å²) in [5.74, 6) is -1.79. The highest BCUT2D eigenvalue weighted by Gasteiger charge is 2.69. The van der Waals surface area contributed by atoms with Gasteiger partial charge in [0, 0.05) is 30.1 Å². The summed E-state index contributed by atoms with van der Waals surface area (Å²) in [5, 5.41) is 11.1. The van der Waals surface area contributed by atoms with E-state index in [1.54, 1.807) is 6.08 Å². The molecule has 0 bridgehead atoms. The Bertz CT molecular complexity index is 905. The number of fused-ring (bicyclic) bond motifs is 5. The number of carbonyl (C=O) groups excluding carboxylic acids is 4. The molecular weight excluding hydrogens is 408 g/mol. The zero-order valence-electron chi connectivity index (χ0n) is 17.4. The van der Waals surface area contributed by atoms with Crippen LogP contribution in [0.1, 0.15) is 46.5 Å². The van der Waals surface area contributed by atoms with Gasteiger partial charge in [-0.1, -0.05) is 19.9 Å². The molecule has 0 radical (unpaired) electrons. The minimum Gasteiger partial charge on any atom is -0.458 e. The summed E-state index contributed by atoms with van der Waals surface area (Å²) >= 11 is 6.71. The predicted octanol–water partition coefficient (Wildman–Crippen LogP) is 2.55. The highest BCUT2D eigenvalue weighted by molar-refractivity contribution is 6.23. The number of allylic oxidation sites excluding steroid dienone is 4. The maximum atomic E-state index is 13.5. The number of alkyl halides is 1. The van der Waals surface area contributed by atoms with Gasteiger partial charge in [0.1, 0.15) is 11.4 Å². The third kappa shape index (κ3) is 2.79. The fourth-order valence-electron chi connectivity index (χ4n) is 6.79. The summed E-state index contributed by atoms with van der Waals surface area (Å²) in [4.78, 5) is 49.4. The highest BCUT2D eigenvalue weighted by atomic mass is 35.5. The molecule has 0 spiro atoms. The molecule has 4 aliphatic carbocycles. The Morgan fingerprint density at radius 2 is 2.00 bits per heavy atom. The van der Waals surface area contributed by atoms with Crippen LogP contribution in [0, 0.1) is 28.6 Å². The van der Waals surface area contributed by atoms with Crippen LogP contribution < -0.4 is 0 Å². The van der Waals surface area contributed by atoms with Crippen molar-refractivity contribution in [1.82, 2.24) is 0 Å². The number of ketones is 3. The van der Waals surface area contributed by atoms with Crippen molar-refractivity contribution in [2.75, 3.05) is 6.61 Å². The lowest BCUT2D eigenvalue weighted by molar-refractivity contribution is -0.172. The number of Topliss-reactive ketones (excluding diaryl/α,β-unsaturated/α-hetero) is 2. The number of hydrogen-bond donors (Lipinski definition) is 1. The lowest BCUT2D eigenvalue weighted by Gasteiger charge is -2.57. The summed E-state index contributed by atoms with van der Waals surface area (Å²) in [6, 6.07) is 0. The molecule has 3 fully saturated rings. The van der Waals surface area contributed by atoms with Gasteiger partial charge in [-0.3, -0.25) is 19.2 Å². The summed E-state index contributed by atoms with van der Waals surface area (Å²) in [6.45, 7) is 4.48. The third-order valence-electron chi connectivity index (χ3n) is 8.26. The smallest absolute Gasteiger partial charge is 0.303 e. The SMILES string of the molecule is CC(=O)OCC(=O)[C@@]1(O)CCC2C3C[C@H](Cl)C4=CC(=O)C=CC4(C)C3C(=O)CC21C. The van der Waals surface area contributed by atoms with Gasteiger partial charge in [-0.15, -0.1) is 11.6 Å². The van der Waals surface area contributed by atoms with Gasteiger partial charge in [-0.25, -0.2) is 0 Å². The van der Waals surface area contributed by atoms with Crippen molar-refractivity contribution in [3.63, 3.8) is 0 Å². The molecule has 30 heavy (non-hydrogen) atoms. The van der Waals surface area contributed by atoms with Crippen molar-refractivity contribution in [3.05, 3.63) is 23.8 Å². The second-order valence-electron chi connectivity index (χ2n) is 9.73. The molecule has 7 atom stereocenters. The monoisotopic (exact) mass is 434 g/mol. The average molecular weight is 435 g/mol. The first-order chi connectivity index (χ1) is 13.9. The van der Waals surface area contributed by atoms with Gasteiger partial charge in [-0.05, 0) is 48.8 Å². The molecule has 0 aliphatic heterocycles. The Kier molecular flexibility index (Phi) is 4.90. The van der Waals surface area contributed by atoms with Crippen molar-refractivity contribution in [2.45, 2.75) is 57.4 Å². The Hall–Kier alpha value is -1.79. The minimum absolute atomic E-state index is 0.0182. The lowest BCUT2D eigenvalue weighted by Crippen LogP contribution is -2.61. The number of carbonyl (C=O) groups is 4. The number of esters is 1. The van der Waals surface area contributed by atoms with Crippen molar-refractivity contribution >= 4 is 34.9 Å². The van der Waals surface area contributed by atoms with Crippen LogP contribution in [0.4, 0.5) is 0 Å². The zero-order chi connectivity index (χ0) is 22.1. The fourth-order valence-corrected chi connectivity index (χ4v) is 7.30. The molecule has 6 nitrogen and oxygen atoms in total. The van der Waals surface area contributed by atoms with E-state index < -0.39 is 34.8 Å². The highest BCUT2D eigenvalue weighted by Crippen LogP contribution is 2.66.